The molecule has 3 rings (SSSR count). The van der Waals surface area contributed by atoms with E-state index < -0.39 is 27.2 Å². The molecule has 0 aliphatic heterocycles. The summed E-state index contributed by atoms with van der Waals surface area (Å²) in [6.07, 6.45) is -3.59. The molecule has 3 aromatic rings. The maximum Gasteiger partial charge on any atom is 0.471 e. The third-order valence-corrected chi connectivity index (χ3v) is 8.45. The smallest absolute Gasteiger partial charge is 0.471 e. The minimum absolute atomic E-state index is 0.0699. The van der Waals surface area contributed by atoms with Crippen molar-refractivity contribution in [2.75, 3.05) is 23.8 Å². The number of alkyl halides is 3. The largest absolute Gasteiger partial charge is 0.492 e. The molecule has 0 atom stereocenters. The van der Waals surface area contributed by atoms with Crippen molar-refractivity contribution in [3.63, 3.8) is 0 Å². The first kappa shape index (κ1) is 32.7. The molecule has 0 aliphatic rings. The Morgan fingerprint density at radius 2 is 1.83 bits per heavy atom. The van der Waals surface area contributed by atoms with Crippen LogP contribution in [-0.4, -0.2) is 48.9 Å². The van der Waals surface area contributed by atoms with E-state index in [4.69, 9.17) is 16.3 Å². The highest BCUT2D eigenvalue weighted by Gasteiger charge is 2.38. The van der Waals surface area contributed by atoms with Gasteiger partial charge in [-0.25, -0.2) is 13.4 Å². The fraction of sp³-hybridized carbons (Fsp3) is 0.321. The molecule has 0 spiro atoms. The van der Waals surface area contributed by atoms with Gasteiger partial charge in [0.15, 0.2) is 15.7 Å². The highest BCUT2D eigenvalue weighted by Crippen LogP contribution is 2.35. The van der Waals surface area contributed by atoms with Crippen molar-refractivity contribution in [3.8, 4) is 5.75 Å². The Hall–Kier alpha value is -3.84. The van der Waals surface area contributed by atoms with E-state index in [9.17, 15) is 26.4 Å². The Labute approximate surface area is 247 Å². The monoisotopic (exact) mass is 625 g/mol. The molecule has 0 unspecified atom stereocenters. The zero-order chi connectivity index (χ0) is 31.2. The lowest BCUT2D eigenvalue weighted by atomic mass is 9.98. The molecule has 1 aromatic heterocycles. The van der Waals surface area contributed by atoms with Gasteiger partial charge < -0.3 is 20.7 Å². The van der Waals surface area contributed by atoms with Gasteiger partial charge in [0.05, 0.1) is 34.3 Å². The Bertz CT molecular complexity index is 1580. The number of allylic oxidation sites excluding steroid dienone is 1. The van der Waals surface area contributed by atoms with Gasteiger partial charge >= 0.3 is 12.1 Å². The van der Waals surface area contributed by atoms with Gasteiger partial charge in [-0.2, -0.15) is 18.2 Å². The lowest BCUT2D eigenvalue weighted by Gasteiger charge is -2.18. The first-order valence-electron chi connectivity index (χ1n) is 12.8. The average Bonchev–Trinajstić information content (AvgIpc) is 2.91. The molecule has 42 heavy (non-hydrogen) atoms. The van der Waals surface area contributed by atoms with Gasteiger partial charge in [-0.05, 0) is 69.5 Å². The highest BCUT2D eigenvalue weighted by atomic mass is 35.5. The van der Waals surface area contributed by atoms with Crippen LogP contribution in [0.5, 0.6) is 5.75 Å². The van der Waals surface area contributed by atoms with Crippen LogP contribution in [0.1, 0.15) is 38.8 Å². The maximum atomic E-state index is 12.9. The Balaban J connectivity index is 1.96. The highest BCUT2D eigenvalue weighted by molar-refractivity contribution is 7.92. The number of hydrogen-bond donors (Lipinski definition) is 3. The molecule has 0 saturated heterocycles. The second-order valence-electron chi connectivity index (χ2n) is 9.45. The fourth-order valence-corrected chi connectivity index (χ4v) is 5.19. The van der Waals surface area contributed by atoms with Gasteiger partial charge in [0.1, 0.15) is 10.8 Å². The van der Waals surface area contributed by atoms with Crippen molar-refractivity contribution in [2.45, 2.75) is 50.4 Å². The summed E-state index contributed by atoms with van der Waals surface area (Å²) >= 11 is 6.34. The summed E-state index contributed by atoms with van der Waals surface area (Å²) in [4.78, 5) is 20.0. The van der Waals surface area contributed by atoms with E-state index in [0.29, 0.717) is 34.7 Å². The van der Waals surface area contributed by atoms with Gasteiger partial charge in [-0.1, -0.05) is 35.9 Å². The number of hydrogen-bond acceptors (Lipinski definition) is 8. The average molecular weight is 626 g/mol. The molecule has 9 nitrogen and oxygen atoms in total. The number of nitrogens with zero attached hydrogens (tertiary/aromatic N) is 2. The van der Waals surface area contributed by atoms with Gasteiger partial charge in [0.2, 0.25) is 5.95 Å². The normalized spacial score (nSPS) is 11.7. The van der Waals surface area contributed by atoms with Crippen molar-refractivity contribution in [1.82, 2.24) is 15.3 Å². The number of aromatic nitrogens is 2. The number of benzene rings is 2. The van der Waals surface area contributed by atoms with Crippen molar-refractivity contribution in [1.29, 1.82) is 0 Å². The van der Waals surface area contributed by atoms with Gasteiger partial charge in [-0.3, -0.25) is 4.79 Å². The predicted octanol–water partition coefficient (Wildman–Crippen LogP) is 6.45. The number of nitrogens with one attached hydrogen (secondary N) is 3. The second-order valence-corrected chi connectivity index (χ2v) is 12.3. The molecule has 0 radical (unpaired) electrons. The van der Waals surface area contributed by atoms with E-state index in [1.807, 2.05) is 5.32 Å². The number of sulfone groups is 1. The molecule has 1 heterocycles. The van der Waals surface area contributed by atoms with Gasteiger partial charge in [0, 0.05) is 6.54 Å². The summed E-state index contributed by atoms with van der Waals surface area (Å²) in [7, 11) is -3.63. The van der Waals surface area contributed by atoms with Crippen LogP contribution in [-0.2, 0) is 21.1 Å². The van der Waals surface area contributed by atoms with Crippen molar-refractivity contribution < 1.29 is 31.1 Å². The summed E-state index contributed by atoms with van der Waals surface area (Å²) in [6.45, 7) is 10.7. The van der Waals surface area contributed by atoms with Crippen molar-refractivity contribution in [2.24, 2.45) is 0 Å². The summed E-state index contributed by atoms with van der Waals surface area (Å²) in [5.41, 5.74) is 2.56. The van der Waals surface area contributed by atoms with Crippen LogP contribution >= 0.6 is 11.6 Å². The van der Waals surface area contributed by atoms with Crippen LogP contribution in [0.4, 0.5) is 36.3 Å². The number of carbonyl (C=O) groups excluding carboxylic acids is 1. The maximum absolute atomic E-state index is 12.9. The molecule has 14 heteroatoms. The molecule has 0 saturated carbocycles. The van der Waals surface area contributed by atoms with Crippen LogP contribution < -0.4 is 20.7 Å². The van der Waals surface area contributed by atoms with E-state index in [-0.39, 0.29) is 40.3 Å². The van der Waals surface area contributed by atoms with Crippen LogP contribution in [0.2, 0.25) is 5.02 Å². The van der Waals surface area contributed by atoms with E-state index in [1.54, 1.807) is 58.0 Å². The fourth-order valence-electron chi connectivity index (χ4n) is 3.85. The van der Waals surface area contributed by atoms with Gasteiger partial charge in [-0.15, -0.1) is 0 Å². The molecule has 3 N–H and O–H groups in total. The quantitative estimate of drug-likeness (QED) is 0.210. The van der Waals surface area contributed by atoms with Gasteiger partial charge in [0.25, 0.3) is 0 Å². The van der Waals surface area contributed by atoms with Crippen LogP contribution in [0.25, 0.3) is 5.57 Å². The number of para-hydroxylation sites is 1. The third kappa shape index (κ3) is 7.91. The number of anilines is 4. The third-order valence-electron chi connectivity index (χ3n) is 5.96. The standard InChI is InChI=1S/C28H31ClF3N5O4S/c1-6-41-23-14-19(16(2)3)18(11-12-33-26(38)28(30,31)32)13-22(23)36-27-34-15-20(29)25(37-27)35-21-9-7-8-10-24(21)42(39,40)17(4)5/h7-10,13-15,17H,2,6,11-12H2,1,3-5H3,(H,33,38)(H2,34,35,36,37). The molecule has 226 valence electrons. The molecular formula is C28H31ClF3N5O4S. The first-order chi connectivity index (χ1) is 19.6. The van der Waals surface area contributed by atoms with E-state index >= 15 is 0 Å². The Kier molecular flexibility index (Phi) is 10.4. The number of halogens is 4. The Morgan fingerprint density at radius 1 is 1.14 bits per heavy atom. The molecule has 1 amide bonds. The summed E-state index contributed by atoms with van der Waals surface area (Å²) in [6, 6.07) is 9.72. The van der Waals surface area contributed by atoms with Crippen molar-refractivity contribution in [3.05, 3.63) is 65.3 Å². The molecule has 0 bridgehead atoms. The lowest BCUT2D eigenvalue weighted by Crippen LogP contribution is -2.37. The number of rotatable bonds is 12. The number of carbonyl (C=O) groups is 1. The molecule has 2 aromatic carbocycles. The minimum Gasteiger partial charge on any atom is -0.492 e. The summed E-state index contributed by atoms with van der Waals surface area (Å²) in [5.74, 6) is -1.42. The predicted molar refractivity (Wildman–Crippen MR) is 157 cm³/mol. The SMILES string of the molecule is C=C(C)c1cc(OCC)c(Nc2ncc(Cl)c(Nc3ccccc3S(=O)(=O)C(C)C)n2)cc1CCNC(=O)C(F)(F)F. The summed E-state index contributed by atoms with van der Waals surface area (Å²) < 4.78 is 69.4. The number of amides is 1. The number of ether oxygens (including phenoxy) is 1. The van der Waals surface area contributed by atoms with Crippen LogP contribution in [0.15, 0.2) is 54.1 Å². The lowest BCUT2D eigenvalue weighted by molar-refractivity contribution is -0.173. The zero-order valence-corrected chi connectivity index (χ0v) is 25.0. The Morgan fingerprint density at radius 3 is 2.45 bits per heavy atom. The first-order valence-corrected chi connectivity index (χ1v) is 14.8. The van der Waals surface area contributed by atoms with Crippen molar-refractivity contribution >= 4 is 56.1 Å². The molecular weight excluding hydrogens is 595 g/mol. The minimum atomic E-state index is -4.99. The molecule has 0 aliphatic carbocycles. The van der Waals surface area contributed by atoms with E-state index in [2.05, 4.69) is 27.2 Å². The zero-order valence-electron chi connectivity index (χ0n) is 23.4. The van der Waals surface area contributed by atoms with E-state index in [1.165, 1.54) is 12.3 Å². The van der Waals surface area contributed by atoms with Crippen LogP contribution in [0, 0.1) is 0 Å². The summed E-state index contributed by atoms with van der Waals surface area (Å²) in [5, 5.41) is 7.36. The molecule has 0 fully saturated rings. The van der Waals surface area contributed by atoms with E-state index in [0.717, 1.165) is 0 Å². The topological polar surface area (TPSA) is 122 Å². The van der Waals surface area contributed by atoms with Crippen LogP contribution in [0.3, 0.4) is 0 Å². The second kappa shape index (κ2) is 13.4.